The molecule has 0 saturated carbocycles. The summed E-state index contributed by atoms with van der Waals surface area (Å²) in [6, 6.07) is 12.3. The Morgan fingerprint density at radius 3 is 2.76 bits per heavy atom. The largest absolute Gasteiger partial charge is 0.480 e. The molecule has 1 aliphatic rings. The highest BCUT2D eigenvalue weighted by Gasteiger charge is 2.35. The molecule has 34 heavy (non-hydrogen) atoms. The van der Waals surface area contributed by atoms with Gasteiger partial charge in [-0.15, -0.1) is 0 Å². The molecule has 1 saturated heterocycles. The molecule has 3 aromatic rings. The van der Waals surface area contributed by atoms with Crippen LogP contribution in [0.1, 0.15) is 36.9 Å². The van der Waals surface area contributed by atoms with Crippen molar-refractivity contribution in [1.82, 2.24) is 25.5 Å². The first kappa shape index (κ1) is 23.4. The molecule has 0 radical (unpaired) electrons. The Morgan fingerprint density at radius 2 is 2.03 bits per heavy atom. The number of pyridine rings is 1. The van der Waals surface area contributed by atoms with Crippen LogP contribution in [-0.4, -0.2) is 62.9 Å². The van der Waals surface area contributed by atoms with Crippen molar-refractivity contribution in [3.8, 4) is 0 Å². The molecule has 3 heterocycles. The molecule has 2 aromatic heterocycles. The van der Waals surface area contributed by atoms with E-state index in [1.165, 1.54) is 0 Å². The fraction of sp³-hybridized carbons (Fsp3) is 0.360. The van der Waals surface area contributed by atoms with Crippen LogP contribution < -0.4 is 10.6 Å². The van der Waals surface area contributed by atoms with Crippen molar-refractivity contribution in [2.24, 2.45) is 0 Å². The van der Waals surface area contributed by atoms with Crippen molar-refractivity contribution < 1.29 is 19.5 Å². The van der Waals surface area contributed by atoms with Crippen molar-refractivity contribution in [1.29, 1.82) is 0 Å². The fourth-order valence-electron chi connectivity index (χ4n) is 4.52. The summed E-state index contributed by atoms with van der Waals surface area (Å²) < 4.78 is 0. The molecule has 1 aromatic carbocycles. The van der Waals surface area contributed by atoms with E-state index in [0.717, 1.165) is 28.6 Å². The molecule has 0 unspecified atom stereocenters. The van der Waals surface area contributed by atoms with Gasteiger partial charge in [0.05, 0.1) is 19.1 Å². The van der Waals surface area contributed by atoms with Gasteiger partial charge in [0.1, 0.15) is 6.04 Å². The summed E-state index contributed by atoms with van der Waals surface area (Å²) in [5.41, 5.74) is 2.90. The molecule has 4 N–H and O–H groups in total. The van der Waals surface area contributed by atoms with Crippen molar-refractivity contribution in [2.75, 3.05) is 13.1 Å². The number of aromatic nitrogens is 2. The van der Waals surface area contributed by atoms with Gasteiger partial charge >= 0.3 is 5.97 Å². The van der Waals surface area contributed by atoms with E-state index in [2.05, 4.69) is 20.6 Å². The smallest absolute Gasteiger partial charge is 0.317 e. The third kappa shape index (κ3) is 5.60. The minimum atomic E-state index is -0.977. The summed E-state index contributed by atoms with van der Waals surface area (Å²) in [4.78, 5) is 46.1. The van der Waals surface area contributed by atoms with Gasteiger partial charge in [0.25, 0.3) is 0 Å². The molecule has 0 bridgehead atoms. The number of carbonyl (C=O) groups excluding carboxylic acids is 2. The molecule has 0 spiro atoms. The molecular weight excluding hydrogens is 434 g/mol. The number of carboxylic acids is 1. The van der Waals surface area contributed by atoms with Gasteiger partial charge in [0, 0.05) is 35.5 Å². The Balaban J connectivity index is 1.37. The Hall–Kier alpha value is -3.72. The van der Waals surface area contributed by atoms with Crippen LogP contribution >= 0.6 is 0 Å². The first-order valence-corrected chi connectivity index (χ1v) is 11.4. The molecule has 1 fully saturated rings. The number of amides is 2. The summed E-state index contributed by atoms with van der Waals surface area (Å²) in [7, 11) is 0. The number of carboxylic acid groups (broad SMARTS) is 1. The summed E-state index contributed by atoms with van der Waals surface area (Å²) in [5.74, 6) is -1.47. The zero-order chi connectivity index (χ0) is 24.1. The van der Waals surface area contributed by atoms with Gasteiger partial charge in [-0.3, -0.25) is 24.3 Å². The van der Waals surface area contributed by atoms with E-state index in [-0.39, 0.29) is 24.3 Å². The normalized spacial score (nSPS) is 19.4. The van der Waals surface area contributed by atoms with E-state index < -0.39 is 18.1 Å². The second-order valence-corrected chi connectivity index (χ2v) is 8.72. The highest BCUT2D eigenvalue weighted by Crippen LogP contribution is 2.31. The van der Waals surface area contributed by atoms with E-state index in [1.54, 1.807) is 24.2 Å². The lowest BCUT2D eigenvalue weighted by atomic mass is 9.85. The summed E-state index contributed by atoms with van der Waals surface area (Å²) >= 11 is 0. The van der Waals surface area contributed by atoms with Crippen LogP contribution in [0.15, 0.2) is 54.9 Å². The number of aromatic amines is 1. The molecule has 178 valence electrons. The lowest BCUT2D eigenvalue weighted by molar-refractivity contribution is -0.141. The summed E-state index contributed by atoms with van der Waals surface area (Å²) in [6.45, 7) is 2.20. The molecular formula is C25H29N5O4. The third-order valence-electron chi connectivity index (χ3n) is 6.31. The van der Waals surface area contributed by atoms with E-state index in [4.69, 9.17) is 0 Å². The lowest BCUT2D eigenvalue weighted by Gasteiger charge is -2.38. The zero-order valence-electron chi connectivity index (χ0n) is 19.0. The van der Waals surface area contributed by atoms with Crippen LogP contribution in [0.3, 0.4) is 0 Å². The van der Waals surface area contributed by atoms with E-state index in [1.807, 2.05) is 42.5 Å². The number of fused-ring (bicyclic) bond motifs is 1. The number of aliphatic carboxylic acids is 1. The number of hydrogen-bond donors (Lipinski definition) is 4. The predicted octanol–water partition coefficient (Wildman–Crippen LogP) is 2.02. The second-order valence-electron chi connectivity index (χ2n) is 8.72. The van der Waals surface area contributed by atoms with Gasteiger partial charge in [-0.1, -0.05) is 30.3 Å². The maximum Gasteiger partial charge on any atom is 0.317 e. The van der Waals surface area contributed by atoms with Gasteiger partial charge in [-0.25, -0.2) is 0 Å². The average molecular weight is 464 g/mol. The number of rotatable bonds is 8. The van der Waals surface area contributed by atoms with Crippen molar-refractivity contribution in [3.63, 3.8) is 0 Å². The Morgan fingerprint density at radius 1 is 1.24 bits per heavy atom. The standard InChI is InChI=1S/C25H29N5O4/c1-16(24(33)27-14-20-11-19-13-26-9-7-21(19)29-20)28-25(34)22-12-18(17-5-3-2-4-6-17)8-10-30(22)15-23(31)32/h2-7,9,11,13,16,18,22,29H,8,10,12,14-15H2,1H3,(H,27,33)(H,28,34)(H,31,32)/t16-,18+,22-/m1/s1. The molecule has 3 atom stereocenters. The molecule has 4 rings (SSSR count). The SMILES string of the molecule is C[C@@H](NC(=O)[C@H]1C[C@@H](c2ccccc2)CCN1CC(=O)O)C(=O)NCc1cc2cnccc2[nH]1. The van der Waals surface area contributed by atoms with Crippen LogP contribution in [0.25, 0.3) is 10.9 Å². The first-order valence-electron chi connectivity index (χ1n) is 11.4. The number of H-pyrrole nitrogens is 1. The second kappa shape index (κ2) is 10.5. The number of nitrogens with one attached hydrogen (secondary N) is 3. The minimum Gasteiger partial charge on any atom is -0.480 e. The third-order valence-corrected chi connectivity index (χ3v) is 6.31. The maximum atomic E-state index is 13.1. The maximum absolute atomic E-state index is 13.1. The highest BCUT2D eigenvalue weighted by atomic mass is 16.4. The highest BCUT2D eigenvalue weighted by molar-refractivity contribution is 5.90. The van der Waals surface area contributed by atoms with Crippen LogP contribution in [-0.2, 0) is 20.9 Å². The number of nitrogens with zero attached hydrogens (tertiary/aromatic N) is 2. The lowest BCUT2D eigenvalue weighted by Crippen LogP contribution is -2.55. The van der Waals surface area contributed by atoms with E-state index in [0.29, 0.717) is 19.5 Å². The minimum absolute atomic E-state index is 0.155. The predicted molar refractivity (Wildman–Crippen MR) is 127 cm³/mol. The Kier molecular flexibility index (Phi) is 7.22. The fourth-order valence-corrected chi connectivity index (χ4v) is 4.52. The van der Waals surface area contributed by atoms with Crippen LogP contribution in [0.4, 0.5) is 0 Å². The van der Waals surface area contributed by atoms with Gasteiger partial charge in [-0.05, 0) is 43.4 Å². The number of hydrogen-bond acceptors (Lipinski definition) is 5. The molecule has 2 amide bonds. The van der Waals surface area contributed by atoms with E-state index >= 15 is 0 Å². The van der Waals surface area contributed by atoms with Crippen LogP contribution in [0.5, 0.6) is 0 Å². The summed E-state index contributed by atoms with van der Waals surface area (Å²) in [6.07, 6.45) is 4.72. The van der Waals surface area contributed by atoms with Gasteiger partial charge in [0.15, 0.2) is 0 Å². The van der Waals surface area contributed by atoms with E-state index in [9.17, 15) is 19.5 Å². The zero-order valence-corrected chi connectivity index (χ0v) is 19.0. The van der Waals surface area contributed by atoms with Gasteiger partial charge < -0.3 is 20.7 Å². The topological polar surface area (TPSA) is 127 Å². The molecule has 9 heteroatoms. The van der Waals surface area contributed by atoms with Gasteiger partial charge in [0.2, 0.25) is 11.8 Å². The van der Waals surface area contributed by atoms with Crippen LogP contribution in [0, 0.1) is 0 Å². The number of piperidine rings is 1. The van der Waals surface area contributed by atoms with Crippen molar-refractivity contribution >= 4 is 28.7 Å². The molecule has 0 aliphatic carbocycles. The van der Waals surface area contributed by atoms with Crippen LogP contribution in [0.2, 0.25) is 0 Å². The molecule has 1 aliphatic heterocycles. The van der Waals surface area contributed by atoms with Gasteiger partial charge in [-0.2, -0.15) is 0 Å². The Labute approximate surface area is 197 Å². The summed E-state index contributed by atoms with van der Waals surface area (Å²) in [5, 5.41) is 15.9. The number of benzene rings is 1. The number of likely N-dealkylation sites (tertiary alicyclic amines) is 1. The van der Waals surface area contributed by atoms with Crippen molar-refractivity contribution in [3.05, 3.63) is 66.1 Å². The monoisotopic (exact) mass is 463 g/mol. The number of carbonyl (C=O) groups is 3. The quantitative estimate of drug-likeness (QED) is 0.405. The first-order chi connectivity index (χ1) is 16.4. The molecule has 9 nitrogen and oxygen atoms in total. The Bertz CT molecular complexity index is 1130. The average Bonchev–Trinajstić information content (AvgIpc) is 3.26. The van der Waals surface area contributed by atoms with Crippen molar-refractivity contribution in [2.45, 2.75) is 44.3 Å².